The zero-order chi connectivity index (χ0) is 16.9. The first-order valence-electron chi connectivity index (χ1n) is 7.81. The molecule has 0 spiro atoms. The van der Waals surface area contributed by atoms with Crippen LogP contribution in [0.25, 0.3) is 11.5 Å². The molecule has 0 bridgehead atoms. The number of hydrogen-bond acceptors (Lipinski definition) is 5. The fourth-order valence-electron chi connectivity index (χ4n) is 2.38. The van der Waals surface area contributed by atoms with Gasteiger partial charge in [-0.3, -0.25) is 4.79 Å². The molecule has 124 valence electrons. The van der Waals surface area contributed by atoms with E-state index in [-0.39, 0.29) is 5.91 Å². The van der Waals surface area contributed by atoms with Crippen molar-refractivity contribution in [3.63, 3.8) is 0 Å². The second kappa shape index (κ2) is 7.12. The summed E-state index contributed by atoms with van der Waals surface area (Å²) in [7, 11) is 0. The topological polar surface area (TPSA) is 81.2 Å². The molecule has 0 aliphatic carbocycles. The minimum Gasteiger partial charge on any atom is -0.469 e. The molecule has 3 rings (SSSR count). The molecule has 24 heavy (non-hydrogen) atoms. The van der Waals surface area contributed by atoms with Gasteiger partial charge < -0.3 is 14.2 Å². The summed E-state index contributed by atoms with van der Waals surface area (Å²) < 4.78 is 10.8. The number of carbonyl (C=O) groups excluding carboxylic acids is 1. The zero-order valence-corrected chi connectivity index (χ0v) is 13.7. The first kappa shape index (κ1) is 16.0. The summed E-state index contributed by atoms with van der Waals surface area (Å²) in [5.41, 5.74) is 3.05. The number of benzene rings is 1. The highest BCUT2D eigenvalue weighted by molar-refractivity contribution is 5.76. The number of aryl methyl sites for hydroxylation is 3. The molecule has 0 fully saturated rings. The van der Waals surface area contributed by atoms with Crippen molar-refractivity contribution in [2.75, 3.05) is 0 Å². The van der Waals surface area contributed by atoms with E-state index >= 15 is 0 Å². The van der Waals surface area contributed by atoms with Crippen molar-refractivity contribution < 1.29 is 13.6 Å². The fraction of sp³-hybridized carbons (Fsp3) is 0.278. The number of furan rings is 1. The van der Waals surface area contributed by atoms with Crippen molar-refractivity contribution in [3.05, 3.63) is 59.4 Å². The third kappa shape index (κ3) is 3.71. The van der Waals surface area contributed by atoms with Crippen molar-refractivity contribution in [2.24, 2.45) is 0 Å². The summed E-state index contributed by atoms with van der Waals surface area (Å²) in [5.74, 6) is 1.53. The van der Waals surface area contributed by atoms with Gasteiger partial charge in [-0.25, -0.2) is 0 Å². The van der Waals surface area contributed by atoms with Crippen molar-refractivity contribution in [1.82, 2.24) is 15.5 Å². The van der Waals surface area contributed by atoms with Crippen LogP contribution in [0.1, 0.15) is 29.2 Å². The number of hydrogen-bond donors (Lipinski definition) is 1. The van der Waals surface area contributed by atoms with Gasteiger partial charge in [0.15, 0.2) is 0 Å². The summed E-state index contributed by atoms with van der Waals surface area (Å²) in [4.78, 5) is 12.0. The Bertz CT molecular complexity index is 835. The summed E-state index contributed by atoms with van der Waals surface area (Å²) in [6.07, 6.45) is 2.29. The van der Waals surface area contributed by atoms with Crippen LogP contribution in [-0.2, 0) is 17.8 Å². The van der Waals surface area contributed by atoms with Crippen molar-refractivity contribution >= 4 is 5.91 Å². The van der Waals surface area contributed by atoms with Crippen molar-refractivity contribution in [2.45, 2.75) is 33.2 Å². The van der Waals surface area contributed by atoms with Crippen LogP contribution in [0.5, 0.6) is 0 Å². The molecular weight excluding hydrogens is 306 g/mol. The van der Waals surface area contributed by atoms with Crippen LogP contribution in [0.2, 0.25) is 0 Å². The van der Waals surface area contributed by atoms with Crippen molar-refractivity contribution in [3.8, 4) is 11.5 Å². The maximum atomic E-state index is 12.0. The number of nitrogens with one attached hydrogen (secondary N) is 1. The quantitative estimate of drug-likeness (QED) is 0.752. The van der Waals surface area contributed by atoms with E-state index in [2.05, 4.69) is 15.5 Å². The molecule has 1 N–H and O–H groups in total. The van der Waals surface area contributed by atoms with Crippen LogP contribution in [0.4, 0.5) is 0 Å². The molecule has 0 aliphatic rings. The standard InChI is InChI=1S/C18H19N3O3/c1-12-5-3-4-6-14(12)11-19-16(22)7-8-17-20-21-18(24-17)15-9-10-23-13(15)2/h3-6,9-10H,7-8,11H2,1-2H3,(H,19,22). The van der Waals surface area contributed by atoms with Gasteiger partial charge in [0.1, 0.15) is 5.76 Å². The molecule has 1 aromatic carbocycles. The van der Waals surface area contributed by atoms with Crippen LogP contribution < -0.4 is 5.32 Å². The van der Waals surface area contributed by atoms with Gasteiger partial charge in [-0.15, -0.1) is 10.2 Å². The first-order chi connectivity index (χ1) is 11.6. The molecule has 0 unspecified atom stereocenters. The lowest BCUT2D eigenvalue weighted by atomic mass is 10.1. The minimum atomic E-state index is -0.0440. The maximum absolute atomic E-state index is 12.0. The lowest BCUT2D eigenvalue weighted by Gasteiger charge is -2.07. The molecule has 6 heteroatoms. The monoisotopic (exact) mass is 325 g/mol. The predicted molar refractivity (Wildman–Crippen MR) is 88.1 cm³/mol. The smallest absolute Gasteiger partial charge is 0.251 e. The second-order valence-corrected chi connectivity index (χ2v) is 5.59. The molecular formula is C18H19N3O3. The van der Waals surface area contributed by atoms with Crippen molar-refractivity contribution in [1.29, 1.82) is 0 Å². The van der Waals surface area contributed by atoms with E-state index in [4.69, 9.17) is 8.83 Å². The highest BCUT2D eigenvalue weighted by Crippen LogP contribution is 2.22. The lowest BCUT2D eigenvalue weighted by Crippen LogP contribution is -2.23. The first-order valence-corrected chi connectivity index (χ1v) is 7.81. The van der Waals surface area contributed by atoms with Crippen LogP contribution in [0, 0.1) is 13.8 Å². The molecule has 0 saturated heterocycles. The molecule has 0 radical (unpaired) electrons. The summed E-state index contributed by atoms with van der Waals surface area (Å²) in [6.45, 7) is 4.38. The zero-order valence-electron chi connectivity index (χ0n) is 13.7. The maximum Gasteiger partial charge on any atom is 0.251 e. The van der Waals surface area contributed by atoms with Crippen LogP contribution in [0.3, 0.4) is 0 Å². The Kier molecular flexibility index (Phi) is 4.74. The minimum absolute atomic E-state index is 0.0440. The Morgan fingerprint density at radius 2 is 2.00 bits per heavy atom. The van der Waals surface area contributed by atoms with Gasteiger partial charge in [-0.2, -0.15) is 0 Å². The predicted octanol–water partition coefficient (Wildman–Crippen LogP) is 3.20. The number of carbonyl (C=O) groups is 1. The molecule has 0 saturated carbocycles. The second-order valence-electron chi connectivity index (χ2n) is 5.59. The van der Waals surface area contributed by atoms with Gasteiger partial charge in [0.25, 0.3) is 5.89 Å². The third-order valence-corrected chi connectivity index (χ3v) is 3.86. The Balaban J connectivity index is 1.51. The average molecular weight is 325 g/mol. The Morgan fingerprint density at radius 3 is 2.75 bits per heavy atom. The SMILES string of the molecule is Cc1ccccc1CNC(=O)CCc1nnc(-c2ccoc2C)o1. The van der Waals surface area contributed by atoms with E-state index in [1.807, 2.05) is 38.1 Å². The Labute approximate surface area is 139 Å². The Hall–Kier alpha value is -2.89. The van der Waals surface area contributed by atoms with Gasteiger partial charge in [0, 0.05) is 19.4 Å². The summed E-state index contributed by atoms with van der Waals surface area (Å²) >= 11 is 0. The molecule has 6 nitrogen and oxygen atoms in total. The van der Waals surface area contributed by atoms with E-state index in [0.717, 1.165) is 22.5 Å². The number of amides is 1. The van der Waals surface area contributed by atoms with E-state index in [1.54, 1.807) is 12.3 Å². The molecule has 3 aromatic rings. The third-order valence-electron chi connectivity index (χ3n) is 3.86. The molecule has 1 amide bonds. The number of rotatable bonds is 6. The largest absolute Gasteiger partial charge is 0.469 e. The van der Waals surface area contributed by atoms with Crippen LogP contribution >= 0.6 is 0 Å². The van der Waals surface area contributed by atoms with Gasteiger partial charge in [0.2, 0.25) is 11.8 Å². The molecule has 2 aromatic heterocycles. The van der Waals surface area contributed by atoms with Crippen LogP contribution in [-0.4, -0.2) is 16.1 Å². The van der Waals surface area contributed by atoms with E-state index < -0.39 is 0 Å². The summed E-state index contributed by atoms with van der Waals surface area (Å²) in [5, 5.41) is 10.9. The van der Waals surface area contributed by atoms with Gasteiger partial charge in [-0.1, -0.05) is 24.3 Å². The van der Waals surface area contributed by atoms with E-state index in [1.165, 1.54) is 0 Å². The normalized spacial score (nSPS) is 10.8. The molecule has 2 heterocycles. The number of nitrogens with zero attached hydrogens (tertiary/aromatic N) is 2. The summed E-state index contributed by atoms with van der Waals surface area (Å²) in [6, 6.07) is 9.76. The van der Waals surface area contributed by atoms with Gasteiger partial charge >= 0.3 is 0 Å². The van der Waals surface area contributed by atoms with Crippen LogP contribution in [0.15, 0.2) is 45.4 Å². The Morgan fingerprint density at radius 1 is 1.17 bits per heavy atom. The molecule has 0 atom stereocenters. The van der Waals surface area contributed by atoms with Gasteiger partial charge in [-0.05, 0) is 31.0 Å². The lowest BCUT2D eigenvalue weighted by molar-refractivity contribution is -0.121. The molecule has 0 aliphatic heterocycles. The highest BCUT2D eigenvalue weighted by Gasteiger charge is 2.13. The van der Waals surface area contributed by atoms with Gasteiger partial charge in [0.05, 0.1) is 11.8 Å². The highest BCUT2D eigenvalue weighted by atomic mass is 16.4. The fourth-order valence-corrected chi connectivity index (χ4v) is 2.38. The number of aromatic nitrogens is 2. The average Bonchev–Trinajstić information content (AvgIpc) is 3.20. The van der Waals surface area contributed by atoms with E-state index in [9.17, 15) is 4.79 Å². The van der Waals surface area contributed by atoms with E-state index in [0.29, 0.717) is 31.2 Å².